The Morgan fingerprint density at radius 2 is 2.06 bits per heavy atom. The summed E-state index contributed by atoms with van der Waals surface area (Å²) in [6.07, 6.45) is 3.65. The number of fused-ring (bicyclic) bond motifs is 1. The minimum Gasteiger partial charge on any atom is -0.288 e. The molecule has 84 valence electrons. The number of hydrogen-bond acceptors (Lipinski definition) is 2. The molecule has 0 saturated carbocycles. The highest BCUT2D eigenvalue weighted by molar-refractivity contribution is 6.30. The lowest BCUT2D eigenvalue weighted by atomic mass is 10.1. The molecule has 0 aliphatic heterocycles. The molecule has 0 spiro atoms. The van der Waals surface area contributed by atoms with Gasteiger partial charge in [0.25, 0.3) is 0 Å². The highest BCUT2D eigenvalue weighted by Crippen LogP contribution is 2.24. The number of nitrogens with zero attached hydrogens (tertiary/aromatic N) is 3. The van der Waals surface area contributed by atoms with Crippen LogP contribution in [0.25, 0.3) is 16.6 Å². The van der Waals surface area contributed by atoms with Crippen LogP contribution in [0.2, 0.25) is 5.15 Å². The van der Waals surface area contributed by atoms with Gasteiger partial charge in [0.2, 0.25) is 0 Å². The van der Waals surface area contributed by atoms with E-state index in [0.717, 1.165) is 22.4 Å². The van der Waals surface area contributed by atoms with Gasteiger partial charge in [0.05, 0.1) is 0 Å². The van der Waals surface area contributed by atoms with Crippen LogP contribution in [0.5, 0.6) is 0 Å². The van der Waals surface area contributed by atoms with E-state index in [0.29, 0.717) is 5.15 Å². The van der Waals surface area contributed by atoms with E-state index in [1.807, 2.05) is 48.0 Å². The molecule has 3 aromatic rings. The van der Waals surface area contributed by atoms with E-state index >= 15 is 0 Å². The van der Waals surface area contributed by atoms with Crippen LogP contribution >= 0.6 is 11.6 Å². The van der Waals surface area contributed by atoms with Crippen LogP contribution in [-0.4, -0.2) is 14.5 Å². The van der Waals surface area contributed by atoms with E-state index < -0.39 is 0 Å². The molecule has 17 heavy (non-hydrogen) atoms. The maximum absolute atomic E-state index is 6.05. The lowest BCUT2D eigenvalue weighted by Crippen LogP contribution is -2.00. The van der Waals surface area contributed by atoms with Gasteiger partial charge < -0.3 is 0 Å². The standard InChI is InChI=1S/C13H10ClN3/c1-9-15-6-7-17(9)13-11-5-3-2-4-10(11)8-12(14)16-13/h2-8H,1H3. The highest BCUT2D eigenvalue weighted by atomic mass is 35.5. The summed E-state index contributed by atoms with van der Waals surface area (Å²) in [5.41, 5.74) is 0. The summed E-state index contributed by atoms with van der Waals surface area (Å²) < 4.78 is 1.94. The third-order valence-electron chi connectivity index (χ3n) is 2.74. The van der Waals surface area contributed by atoms with Gasteiger partial charge in [-0.05, 0) is 18.4 Å². The van der Waals surface area contributed by atoms with E-state index in [9.17, 15) is 0 Å². The van der Waals surface area contributed by atoms with Crippen molar-refractivity contribution in [3.8, 4) is 5.82 Å². The van der Waals surface area contributed by atoms with E-state index in [1.54, 1.807) is 6.20 Å². The molecule has 1 aromatic carbocycles. The minimum atomic E-state index is 0.492. The number of hydrogen-bond donors (Lipinski definition) is 0. The van der Waals surface area contributed by atoms with Crippen LogP contribution < -0.4 is 0 Å². The monoisotopic (exact) mass is 243 g/mol. The SMILES string of the molecule is Cc1nccn1-c1nc(Cl)cc2ccccc12. The maximum atomic E-state index is 6.05. The fraction of sp³-hybridized carbons (Fsp3) is 0.0769. The largest absolute Gasteiger partial charge is 0.288 e. The van der Waals surface area contributed by atoms with Crippen molar-refractivity contribution in [2.24, 2.45) is 0 Å². The van der Waals surface area contributed by atoms with Crippen molar-refractivity contribution in [1.82, 2.24) is 14.5 Å². The molecule has 0 atom stereocenters. The lowest BCUT2D eigenvalue weighted by Gasteiger charge is -2.08. The zero-order valence-electron chi connectivity index (χ0n) is 9.26. The molecule has 2 aromatic heterocycles. The number of aryl methyl sites for hydroxylation is 1. The van der Waals surface area contributed by atoms with Crippen LogP contribution in [0.4, 0.5) is 0 Å². The van der Waals surface area contributed by atoms with Gasteiger partial charge in [-0.3, -0.25) is 4.57 Å². The van der Waals surface area contributed by atoms with Crippen molar-refractivity contribution >= 4 is 22.4 Å². The molecule has 0 bridgehead atoms. The first kappa shape index (κ1) is 10.3. The Morgan fingerprint density at radius 1 is 1.24 bits per heavy atom. The van der Waals surface area contributed by atoms with E-state index in [2.05, 4.69) is 9.97 Å². The highest BCUT2D eigenvalue weighted by Gasteiger charge is 2.08. The Morgan fingerprint density at radius 3 is 2.82 bits per heavy atom. The van der Waals surface area contributed by atoms with Gasteiger partial charge in [0, 0.05) is 17.8 Å². The first-order valence-electron chi connectivity index (χ1n) is 5.31. The molecule has 0 amide bonds. The summed E-state index contributed by atoms with van der Waals surface area (Å²) in [5.74, 6) is 1.72. The number of halogens is 1. The number of benzene rings is 1. The first-order chi connectivity index (χ1) is 8.25. The predicted molar refractivity (Wildman–Crippen MR) is 68.6 cm³/mol. The third kappa shape index (κ3) is 1.68. The Kier molecular flexibility index (Phi) is 2.34. The molecule has 0 saturated heterocycles. The molecule has 0 unspecified atom stereocenters. The molecular weight excluding hydrogens is 234 g/mol. The molecule has 0 aliphatic rings. The Bertz CT molecular complexity index is 688. The topological polar surface area (TPSA) is 30.7 Å². The van der Waals surface area contributed by atoms with Gasteiger partial charge in [-0.25, -0.2) is 9.97 Å². The summed E-state index contributed by atoms with van der Waals surface area (Å²) in [6, 6.07) is 9.91. The summed E-state index contributed by atoms with van der Waals surface area (Å²) in [6.45, 7) is 1.94. The quantitative estimate of drug-likeness (QED) is 0.614. The molecular formula is C13H10ClN3. The van der Waals surface area contributed by atoms with Gasteiger partial charge >= 0.3 is 0 Å². The molecule has 0 aliphatic carbocycles. The molecule has 0 N–H and O–H groups in total. The van der Waals surface area contributed by atoms with Gasteiger partial charge in [0.1, 0.15) is 16.8 Å². The van der Waals surface area contributed by atoms with Gasteiger partial charge in [-0.15, -0.1) is 0 Å². The van der Waals surface area contributed by atoms with Crippen LogP contribution in [-0.2, 0) is 0 Å². The van der Waals surface area contributed by atoms with Crippen LogP contribution in [0, 0.1) is 6.92 Å². The van der Waals surface area contributed by atoms with Gasteiger partial charge in [-0.1, -0.05) is 35.9 Å². The average Bonchev–Trinajstić information content (AvgIpc) is 2.74. The zero-order valence-corrected chi connectivity index (χ0v) is 10.0. The fourth-order valence-electron chi connectivity index (χ4n) is 1.93. The van der Waals surface area contributed by atoms with Crippen LogP contribution in [0.3, 0.4) is 0 Å². The molecule has 3 nitrogen and oxygen atoms in total. The van der Waals surface area contributed by atoms with Crippen molar-refractivity contribution in [3.05, 3.63) is 53.7 Å². The van der Waals surface area contributed by atoms with Crippen molar-refractivity contribution in [2.75, 3.05) is 0 Å². The summed E-state index contributed by atoms with van der Waals surface area (Å²) >= 11 is 6.05. The van der Waals surface area contributed by atoms with Gasteiger partial charge in [-0.2, -0.15) is 0 Å². The number of imidazole rings is 1. The summed E-state index contributed by atoms with van der Waals surface area (Å²) in [4.78, 5) is 8.60. The lowest BCUT2D eigenvalue weighted by molar-refractivity contribution is 0.944. The minimum absolute atomic E-state index is 0.492. The molecule has 0 radical (unpaired) electrons. The second-order valence-corrected chi connectivity index (χ2v) is 4.22. The van der Waals surface area contributed by atoms with Crippen molar-refractivity contribution < 1.29 is 0 Å². The second kappa shape index (κ2) is 3.86. The van der Waals surface area contributed by atoms with Gasteiger partial charge in [0.15, 0.2) is 0 Å². The first-order valence-corrected chi connectivity index (χ1v) is 5.69. The number of pyridine rings is 1. The number of aromatic nitrogens is 3. The van der Waals surface area contributed by atoms with E-state index in [-0.39, 0.29) is 0 Å². The van der Waals surface area contributed by atoms with Crippen molar-refractivity contribution in [2.45, 2.75) is 6.92 Å². The molecule has 2 heterocycles. The Balaban J connectivity index is 2.39. The Hall–Kier alpha value is -1.87. The molecule has 4 heteroatoms. The fourth-order valence-corrected chi connectivity index (χ4v) is 2.13. The number of rotatable bonds is 1. The second-order valence-electron chi connectivity index (χ2n) is 3.83. The average molecular weight is 244 g/mol. The smallest absolute Gasteiger partial charge is 0.147 e. The molecule has 0 fully saturated rings. The van der Waals surface area contributed by atoms with Crippen molar-refractivity contribution in [3.63, 3.8) is 0 Å². The zero-order chi connectivity index (χ0) is 11.8. The summed E-state index contributed by atoms with van der Waals surface area (Å²) in [7, 11) is 0. The molecule has 3 rings (SSSR count). The third-order valence-corrected chi connectivity index (χ3v) is 2.94. The normalized spacial score (nSPS) is 10.9. The van der Waals surface area contributed by atoms with E-state index in [1.165, 1.54) is 0 Å². The van der Waals surface area contributed by atoms with Crippen LogP contribution in [0.15, 0.2) is 42.7 Å². The predicted octanol–water partition coefficient (Wildman–Crippen LogP) is 3.38. The Labute approximate surface area is 104 Å². The van der Waals surface area contributed by atoms with Crippen LogP contribution in [0.1, 0.15) is 5.82 Å². The summed E-state index contributed by atoms with van der Waals surface area (Å²) in [5, 5.41) is 2.64. The van der Waals surface area contributed by atoms with Crippen molar-refractivity contribution in [1.29, 1.82) is 0 Å². The van der Waals surface area contributed by atoms with E-state index in [4.69, 9.17) is 11.6 Å². The maximum Gasteiger partial charge on any atom is 0.147 e.